The number of benzene rings is 1. The van der Waals surface area contributed by atoms with Crippen LogP contribution < -0.4 is 4.31 Å². The van der Waals surface area contributed by atoms with Gasteiger partial charge in [0.15, 0.2) is 0 Å². The number of anilines is 1. The zero-order valence-electron chi connectivity index (χ0n) is 11.3. The highest BCUT2D eigenvalue weighted by Crippen LogP contribution is 2.35. The third-order valence-corrected chi connectivity index (χ3v) is 4.84. The van der Waals surface area contributed by atoms with E-state index in [9.17, 15) is 17.6 Å². The third kappa shape index (κ3) is 2.04. The van der Waals surface area contributed by atoms with E-state index in [0.29, 0.717) is 0 Å². The largest absolute Gasteiger partial charge is 0.363 e. The summed E-state index contributed by atoms with van der Waals surface area (Å²) in [4.78, 5) is 12.3. The molecule has 8 heteroatoms. The highest BCUT2D eigenvalue weighted by atomic mass is 32.2. The summed E-state index contributed by atoms with van der Waals surface area (Å²) in [5, 5.41) is 0. The maximum Gasteiger partial charge on any atom is 0.331 e. The molecule has 2 rings (SSSR count). The predicted molar refractivity (Wildman–Crippen MR) is 71.0 cm³/mol. The maximum absolute atomic E-state index is 14.0. The van der Waals surface area contributed by atoms with Gasteiger partial charge in [0, 0.05) is 13.2 Å². The zero-order valence-corrected chi connectivity index (χ0v) is 12.1. The lowest BCUT2D eigenvalue weighted by Crippen LogP contribution is -2.54. The molecule has 0 atom stereocenters. The number of methoxy groups -OCH3 is 1. The summed E-state index contributed by atoms with van der Waals surface area (Å²) in [7, 11) is -2.86. The van der Waals surface area contributed by atoms with Crippen LogP contribution in [-0.4, -0.2) is 38.5 Å². The van der Waals surface area contributed by atoms with Gasteiger partial charge in [-0.05, 0) is 26.0 Å². The molecule has 0 unspecified atom stereocenters. The lowest BCUT2D eigenvalue weighted by Gasteiger charge is -2.38. The molecule has 1 aromatic rings. The molecule has 0 saturated heterocycles. The van der Waals surface area contributed by atoms with Crippen molar-refractivity contribution in [1.82, 2.24) is 4.31 Å². The van der Waals surface area contributed by atoms with Gasteiger partial charge in [0.25, 0.3) is 5.91 Å². The van der Waals surface area contributed by atoms with Crippen LogP contribution in [0.4, 0.5) is 10.1 Å². The van der Waals surface area contributed by atoms with E-state index in [1.54, 1.807) is 13.8 Å². The molecule has 0 fully saturated rings. The number of rotatable bonds is 3. The van der Waals surface area contributed by atoms with Gasteiger partial charge in [-0.2, -0.15) is 8.42 Å². The summed E-state index contributed by atoms with van der Waals surface area (Å²) >= 11 is 0. The number of nitrogens with zero attached hydrogens (tertiary/aromatic N) is 2. The molecule has 6 nitrogen and oxygen atoms in total. The Labute approximate surface area is 116 Å². The van der Waals surface area contributed by atoms with Gasteiger partial charge in [-0.3, -0.25) is 4.79 Å². The highest BCUT2D eigenvalue weighted by molar-refractivity contribution is 7.91. The van der Waals surface area contributed by atoms with Crippen LogP contribution in [0.3, 0.4) is 0 Å². The van der Waals surface area contributed by atoms with Crippen molar-refractivity contribution in [2.45, 2.75) is 19.9 Å². The molecule has 1 aromatic carbocycles. The minimum Gasteiger partial charge on any atom is -0.363 e. The van der Waals surface area contributed by atoms with E-state index < -0.39 is 28.0 Å². The van der Waals surface area contributed by atoms with E-state index in [2.05, 4.69) is 0 Å². The van der Waals surface area contributed by atoms with Crippen molar-refractivity contribution in [1.29, 1.82) is 0 Å². The average molecular weight is 302 g/mol. The number of hydrogen-bond acceptors (Lipinski definition) is 4. The first kappa shape index (κ1) is 14.7. The summed E-state index contributed by atoms with van der Waals surface area (Å²) in [6, 6.07) is 3.29. The SMILES string of the molecule is COCN1c2c(F)cccc2C(=O)N(C(C)C)S1(=O)=O. The Morgan fingerprint density at radius 2 is 2.00 bits per heavy atom. The Balaban J connectivity index is 2.74. The Bertz CT molecular complexity index is 645. The molecule has 1 aliphatic heterocycles. The second-order valence-electron chi connectivity index (χ2n) is 4.60. The number of amides is 1. The molecular formula is C12H15FN2O4S. The van der Waals surface area contributed by atoms with Gasteiger partial charge in [-0.25, -0.2) is 13.0 Å². The number of hydrogen-bond donors (Lipinski definition) is 0. The molecule has 0 saturated carbocycles. The molecular weight excluding hydrogens is 287 g/mol. The van der Waals surface area contributed by atoms with Crippen molar-refractivity contribution >= 4 is 21.8 Å². The summed E-state index contributed by atoms with van der Waals surface area (Å²) in [6.45, 7) is 2.78. The molecule has 1 aliphatic rings. The quantitative estimate of drug-likeness (QED) is 0.845. The van der Waals surface area contributed by atoms with Gasteiger partial charge in [0.2, 0.25) is 0 Å². The third-order valence-electron chi connectivity index (χ3n) is 2.91. The number of ether oxygens (including phenoxy) is 1. The molecule has 0 radical (unpaired) electrons. The van der Waals surface area contributed by atoms with Gasteiger partial charge >= 0.3 is 10.2 Å². The molecule has 0 N–H and O–H groups in total. The van der Waals surface area contributed by atoms with E-state index in [0.717, 1.165) is 14.7 Å². The van der Waals surface area contributed by atoms with Crippen LogP contribution in [0.2, 0.25) is 0 Å². The summed E-state index contributed by atoms with van der Waals surface area (Å²) in [5.74, 6) is -1.51. The minimum absolute atomic E-state index is 0.00516. The van der Waals surface area contributed by atoms with Crippen LogP contribution in [0.15, 0.2) is 18.2 Å². The fourth-order valence-electron chi connectivity index (χ4n) is 2.14. The van der Waals surface area contributed by atoms with Crippen molar-refractivity contribution in [3.05, 3.63) is 29.6 Å². The van der Waals surface area contributed by atoms with Crippen LogP contribution in [-0.2, 0) is 14.9 Å². The fraction of sp³-hybridized carbons (Fsp3) is 0.417. The molecule has 110 valence electrons. The van der Waals surface area contributed by atoms with Crippen molar-refractivity contribution in [2.24, 2.45) is 0 Å². The topological polar surface area (TPSA) is 66.9 Å². The number of para-hydroxylation sites is 1. The second-order valence-corrected chi connectivity index (χ2v) is 6.33. The van der Waals surface area contributed by atoms with Gasteiger partial charge in [-0.1, -0.05) is 6.07 Å². The van der Waals surface area contributed by atoms with E-state index in [-0.39, 0.29) is 18.0 Å². The van der Waals surface area contributed by atoms with Gasteiger partial charge in [0.1, 0.15) is 18.2 Å². The smallest absolute Gasteiger partial charge is 0.331 e. The first-order valence-corrected chi connectivity index (χ1v) is 7.36. The molecule has 0 aliphatic carbocycles. The Morgan fingerprint density at radius 1 is 1.35 bits per heavy atom. The number of fused-ring (bicyclic) bond motifs is 1. The van der Waals surface area contributed by atoms with Crippen molar-refractivity contribution in [3.63, 3.8) is 0 Å². The number of carbonyl (C=O) groups excluding carboxylic acids is 1. The first-order valence-electron chi connectivity index (χ1n) is 5.96. The molecule has 0 bridgehead atoms. The molecule has 0 spiro atoms. The Morgan fingerprint density at radius 3 is 2.55 bits per heavy atom. The van der Waals surface area contributed by atoms with Gasteiger partial charge < -0.3 is 4.74 Å². The van der Waals surface area contributed by atoms with Crippen LogP contribution in [0, 0.1) is 5.82 Å². The second kappa shape index (κ2) is 5.02. The standard InChI is InChI=1S/C12H15FN2O4S/c1-8(2)15-12(16)9-5-4-6-10(13)11(9)14(7-19-3)20(15,17)18/h4-6,8H,7H2,1-3H3. The first-order chi connectivity index (χ1) is 9.32. The Hall–Kier alpha value is -1.67. The Kier molecular flexibility index (Phi) is 3.70. The van der Waals surface area contributed by atoms with E-state index in [1.165, 1.54) is 19.2 Å². The predicted octanol–water partition coefficient (Wildman–Crippen LogP) is 1.35. The minimum atomic E-state index is -4.16. The van der Waals surface area contributed by atoms with E-state index >= 15 is 0 Å². The van der Waals surface area contributed by atoms with Crippen LogP contribution >= 0.6 is 0 Å². The van der Waals surface area contributed by atoms with Crippen LogP contribution in [0.25, 0.3) is 0 Å². The van der Waals surface area contributed by atoms with Crippen LogP contribution in [0.1, 0.15) is 24.2 Å². The lowest BCUT2D eigenvalue weighted by atomic mass is 10.1. The normalized spacial score (nSPS) is 17.6. The zero-order chi connectivity index (χ0) is 15.1. The molecule has 1 amide bonds. The van der Waals surface area contributed by atoms with Crippen molar-refractivity contribution in [2.75, 3.05) is 18.1 Å². The summed E-state index contributed by atoms with van der Waals surface area (Å²) in [6.07, 6.45) is 0. The van der Waals surface area contributed by atoms with Gasteiger partial charge in [0.05, 0.1) is 5.56 Å². The molecule has 1 heterocycles. The summed E-state index contributed by atoms with van der Waals surface area (Å²) < 4.78 is 45.2. The molecule has 20 heavy (non-hydrogen) atoms. The van der Waals surface area contributed by atoms with Crippen LogP contribution in [0.5, 0.6) is 0 Å². The van der Waals surface area contributed by atoms with E-state index in [1.807, 2.05) is 0 Å². The van der Waals surface area contributed by atoms with E-state index in [4.69, 9.17) is 4.74 Å². The number of carbonyl (C=O) groups is 1. The van der Waals surface area contributed by atoms with Gasteiger partial charge in [-0.15, -0.1) is 0 Å². The number of halogens is 1. The fourth-order valence-corrected chi connectivity index (χ4v) is 3.84. The lowest BCUT2D eigenvalue weighted by molar-refractivity contribution is 0.0827. The average Bonchev–Trinajstić information content (AvgIpc) is 2.34. The van der Waals surface area contributed by atoms with Crippen molar-refractivity contribution < 1.29 is 22.3 Å². The molecule has 0 aromatic heterocycles. The summed E-state index contributed by atoms with van der Waals surface area (Å²) in [5.41, 5.74) is -0.262. The highest BCUT2D eigenvalue weighted by Gasteiger charge is 2.44. The van der Waals surface area contributed by atoms with Crippen molar-refractivity contribution in [3.8, 4) is 0 Å². The maximum atomic E-state index is 14.0. The monoisotopic (exact) mass is 302 g/mol.